The van der Waals surface area contributed by atoms with Gasteiger partial charge in [0, 0.05) is 13.2 Å². The molecular formula is C15H15N5O3. The number of benzene rings is 1. The molecule has 2 heterocycles. The fourth-order valence-corrected chi connectivity index (χ4v) is 2.36. The van der Waals surface area contributed by atoms with Crippen LogP contribution in [0.3, 0.4) is 0 Å². The van der Waals surface area contributed by atoms with Gasteiger partial charge in [0.15, 0.2) is 0 Å². The second-order valence-corrected chi connectivity index (χ2v) is 5.00. The Morgan fingerprint density at radius 1 is 1.09 bits per heavy atom. The number of carbonyl (C=O) groups excluding carboxylic acids is 2. The molecule has 0 atom stereocenters. The zero-order chi connectivity index (χ0) is 16.4. The fourth-order valence-electron chi connectivity index (χ4n) is 2.36. The van der Waals surface area contributed by atoms with E-state index in [1.165, 1.54) is 9.13 Å². The lowest BCUT2D eigenvalue weighted by Gasteiger charge is -2.07. The molecule has 8 nitrogen and oxygen atoms in total. The lowest BCUT2D eigenvalue weighted by atomic mass is 10.3. The zero-order valence-electron chi connectivity index (χ0n) is 12.4. The first-order valence-electron chi connectivity index (χ1n) is 6.95. The Kier molecular flexibility index (Phi) is 3.71. The molecule has 0 fully saturated rings. The van der Waals surface area contributed by atoms with Gasteiger partial charge in [-0.2, -0.15) is 0 Å². The second kappa shape index (κ2) is 5.84. The number of nitrogens with zero attached hydrogens (tertiary/aromatic N) is 2. The molecule has 1 aromatic carbocycles. The molecule has 2 aromatic heterocycles. The second-order valence-electron chi connectivity index (χ2n) is 5.00. The lowest BCUT2D eigenvalue weighted by molar-refractivity contribution is -0.122. The lowest BCUT2D eigenvalue weighted by Crippen LogP contribution is -2.44. The summed E-state index contributed by atoms with van der Waals surface area (Å²) in [6.45, 7) is -0.189. The summed E-state index contributed by atoms with van der Waals surface area (Å²) in [4.78, 5) is 38.6. The van der Waals surface area contributed by atoms with E-state index in [9.17, 15) is 14.4 Å². The number of fused-ring (bicyclic) bond motifs is 1. The molecular weight excluding hydrogens is 298 g/mol. The zero-order valence-corrected chi connectivity index (χ0v) is 12.4. The number of imidazole rings is 1. The van der Waals surface area contributed by atoms with Gasteiger partial charge in [-0.3, -0.25) is 29.6 Å². The molecule has 3 aromatic rings. The highest BCUT2D eigenvalue weighted by molar-refractivity contribution is 5.93. The standard InChI is InChI=1S/C15H15N5O3/c1-19-11-6-2-3-7-12(11)20(15(19)23)9-13(21)17-18-14(22)10-5-4-8-16-10/h2-8,16H,9H2,1H3,(H,17,21)(H,18,22). The summed E-state index contributed by atoms with van der Waals surface area (Å²) in [6, 6.07) is 10.4. The van der Waals surface area contributed by atoms with Gasteiger partial charge in [-0.15, -0.1) is 0 Å². The van der Waals surface area contributed by atoms with Gasteiger partial charge in [0.1, 0.15) is 12.2 Å². The van der Waals surface area contributed by atoms with Gasteiger partial charge in [0.05, 0.1) is 11.0 Å². The number of rotatable bonds is 3. The number of aromatic amines is 1. The summed E-state index contributed by atoms with van der Waals surface area (Å²) in [5.41, 5.74) is 6.01. The number of carbonyl (C=O) groups is 2. The normalized spacial score (nSPS) is 10.7. The summed E-state index contributed by atoms with van der Waals surface area (Å²) < 4.78 is 2.82. The van der Waals surface area contributed by atoms with Gasteiger partial charge in [0.2, 0.25) is 0 Å². The van der Waals surface area contributed by atoms with E-state index in [4.69, 9.17) is 0 Å². The molecule has 0 radical (unpaired) electrons. The van der Waals surface area contributed by atoms with Crippen LogP contribution in [0.2, 0.25) is 0 Å². The number of aromatic nitrogens is 3. The number of hydrogen-bond donors (Lipinski definition) is 3. The highest BCUT2D eigenvalue weighted by Crippen LogP contribution is 2.10. The molecule has 0 unspecified atom stereocenters. The van der Waals surface area contributed by atoms with E-state index in [1.54, 1.807) is 43.6 Å². The van der Waals surface area contributed by atoms with Crippen LogP contribution in [0.15, 0.2) is 47.4 Å². The van der Waals surface area contributed by atoms with Gasteiger partial charge in [-0.25, -0.2) is 4.79 Å². The van der Waals surface area contributed by atoms with Crippen LogP contribution < -0.4 is 16.5 Å². The summed E-state index contributed by atoms with van der Waals surface area (Å²) in [6.07, 6.45) is 1.60. The molecule has 0 aliphatic rings. The van der Waals surface area contributed by atoms with Crippen LogP contribution >= 0.6 is 0 Å². The van der Waals surface area contributed by atoms with Crippen LogP contribution in [-0.4, -0.2) is 25.9 Å². The van der Waals surface area contributed by atoms with Crippen LogP contribution in [-0.2, 0) is 18.4 Å². The summed E-state index contributed by atoms with van der Waals surface area (Å²) in [5, 5.41) is 0. The Balaban J connectivity index is 1.72. The predicted octanol–water partition coefficient (Wildman–Crippen LogP) is 0.129. The molecule has 0 bridgehead atoms. The van der Waals surface area contributed by atoms with E-state index in [1.807, 2.05) is 6.07 Å². The first-order chi connectivity index (χ1) is 11.1. The monoisotopic (exact) mass is 313 g/mol. The average molecular weight is 313 g/mol. The molecule has 23 heavy (non-hydrogen) atoms. The van der Waals surface area contributed by atoms with E-state index >= 15 is 0 Å². The highest BCUT2D eigenvalue weighted by Gasteiger charge is 2.14. The van der Waals surface area contributed by atoms with Crippen molar-refractivity contribution in [3.05, 3.63) is 58.8 Å². The fraction of sp³-hybridized carbons (Fsp3) is 0.133. The maximum Gasteiger partial charge on any atom is 0.329 e. The minimum absolute atomic E-state index is 0.189. The molecule has 8 heteroatoms. The Bertz CT molecular complexity index is 920. The molecule has 0 aliphatic carbocycles. The molecule has 0 spiro atoms. The van der Waals surface area contributed by atoms with E-state index < -0.39 is 11.8 Å². The van der Waals surface area contributed by atoms with Crippen LogP contribution in [0.25, 0.3) is 11.0 Å². The average Bonchev–Trinajstić information content (AvgIpc) is 3.17. The van der Waals surface area contributed by atoms with Gasteiger partial charge in [-0.05, 0) is 24.3 Å². The number of amides is 2. The van der Waals surface area contributed by atoms with Gasteiger partial charge in [0.25, 0.3) is 11.8 Å². The van der Waals surface area contributed by atoms with E-state index in [0.717, 1.165) is 5.52 Å². The van der Waals surface area contributed by atoms with Crippen molar-refractivity contribution in [2.75, 3.05) is 0 Å². The number of nitrogens with one attached hydrogen (secondary N) is 3. The predicted molar refractivity (Wildman–Crippen MR) is 83.6 cm³/mol. The van der Waals surface area contributed by atoms with E-state index in [0.29, 0.717) is 11.2 Å². The first-order valence-corrected chi connectivity index (χ1v) is 6.95. The van der Waals surface area contributed by atoms with Crippen molar-refractivity contribution in [3.8, 4) is 0 Å². The summed E-state index contributed by atoms with van der Waals surface area (Å²) in [7, 11) is 1.64. The maximum atomic E-state index is 12.2. The van der Waals surface area contributed by atoms with E-state index in [2.05, 4.69) is 15.8 Å². The first kappa shape index (κ1) is 14.6. The van der Waals surface area contributed by atoms with Crippen LogP contribution in [0, 0.1) is 0 Å². The Morgan fingerprint density at radius 2 is 1.83 bits per heavy atom. The number of hydrogen-bond acceptors (Lipinski definition) is 3. The number of H-pyrrole nitrogens is 1. The number of aryl methyl sites for hydroxylation is 1. The molecule has 2 amide bonds. The van der Waals surface area contributed by atoms with Crippen LogP contribution in [0.5, 0.6) is 0 Å². The summed E-state index contributed by atoms with van der Waals surface area (Å²) >= 11 is 0. The Morgan fingerprint density at radius 3 is 2.52 bits per heavy atom. The van der Waals surface area contributed by atoms with Crippen LogP contribution in [0.4, 0.5) is 0 Å². The molecule has 0 aliphatic heterocycles. The Hall–Kier alpha value is -3.29. The van der Waals surface area contributed by atoms with Crippen molar-refractivity contribution in [1.29, 1.82) is 0 Å². The Labute approximate surface area is 130 Å². The third-order valence-corrected chi connectivity index (χ3v) is 3.51. The quantitative estimate of drug-likeness (QED) is 0.599. The number of para-hydroxylation sites is 2. The van der Waals surface area contributed by atoms with Crippen molar-refractivity contribution >= 4 is 22.8 Å². The number of hydrazine groups is 1. The van der Waals surface area contributed by atoms with Gasteiger partial charge in [-0.1, -0.05) is 12.1 Å². The smallest absolute Gasteiger partial charge is 0.329 e. The van der Waals surface area contributed by atoms with Crippen molar-refractivity contribution in [2.45, 2.75) is 6.54 Å². The van der Waals surface area contributed by atoms with Crippen molar-refractivity contribution in [1.82, 2.24) is 25.0 Å². The maximum absolute atomic E-state index is 12.2. The molecule has 118 valence electrons. The van der Waals surface area contributed by atoms with Crippen LogP contribution in [0.1, 0.15) is 10.5 Å². The molecule has 3 N–H and O–H groups in total. The van der Waals surface area contributed by atoms with E-state index in [-0.39, 0.29) is 12.2 Å². The topological polar surface area (TPSA) is 101 Å². The van der Waals surface area contributed by atoms with Crippen molar-refractivity contribution in [2.24, 2.45) is 7.05 Å². The molecule has 0 saturated heterocycles. The third kappa shape index (κ3) is 2.73. The minimum Gasteiger partial charge on any atom is -0.357 e. The SMILES string of the molecule is Cn1c(=O)n(CC(=O)NNC(=O)c2ccc[nH]2)c2ccccc21. The highest BCUT2D eigenvalue weighted by atomic mass is 16.2. The van der Waals surface area contributed by atoms with Crippen molar-refractivity contribution < 1.29 is 9.59 Å². The van der Waals surface area contributed by atoms with Crippen molar-refractivity contribution in [3.63, 3.8) is 0 Å². The third-order valence-electron chi connectivity index (χ3n) is 3.51. The molecule has 0 saturated carbocycles. The largest absolute Gasteiger partial charge is 0.357 e. The van der Waals surface area contributed by atoms with Gasteiger partial charge < -0.3 is 4.98 Å². The minimum atomic E-state index is -0.497. The summed E-state index contributed by atoms with van der Waals surface area (Å²) in [5.74, 6) is -0.961. The molecule has 3 rings (SSSR count). The van der Waals surface area contributed by atoms with Gasteiger partial charge >= 0.3 is 5.69 Å².